The van der Waals surface area contributed by atoms with E-state index in [9.17, 15) is 0 Å². The van der Waals surface area contributed by atoms with Gasteiger partial charge in [-0.2, -0.15) is 0 Å². The Hall–Kier alpha value is -0.260. The summed E-state index contributed by atoms with van der Waals surface area (Å²) in [5.41, 5.74) is 3.60. The van der Waals surface area contributed by atoms with Crippen LogP contribution >= 0.6 is 0 Å². The van der Waals surface area contributed by atoms with Gasteiger partial charge in [0.1, 0.15) is 0 Å². The van der Waals surface area contributed by atoms with Gasteiger partial charge in [0.15, 0.2) is 0 Å². The van der Waals surface area contributed by atoms with Crippen molar-refractivity contribution in [1.29, 1.82) is 0 Å². The normalized spacial score (nSPS) is 51.5. The smallest absolute Gasteiger partial charge is 0.0143 e. The molecular formula is C25H42. The molecule has 0 nitrogen and oxygen atoms in total. The molecule has 0 heteroatoms. The van der Waals surface area contributed by atoms with Gasteiger partial charge in [0.25, 0.3) is 0 Å². The van der Waals surface area contributed by atoms with Crippen molar-refractivity contribution >= 4 is 0 Å². The Bertz CT molecular complexity index is 567. The fourth-order valence-electron chi connectivity index (χ4n) is 8.64. The molecule has 3 saturated carbocycles. The van der Waals surface area contributed by atoms with Gasteiger partial charge in [-0.05, 0) is 96.7 Å². The highest BCUT2D eigenvalue weighted by atomic mass is 14.6. The van der Waals surface area contributed by atoms with Crippen molar-refractivity contribution in [3.8, 4) is 0 Å². The molecule has 0 aromatic carbocycles. The Labute approximate surface area is 157 Å². The van der Waals surface area contributed by atoms with Gasteiger partial charge in [-0.3, -0.25) is 0 Å². The Kier molecular flexibility index (Phi) is 4.07. The fourth-order valence-corrected chi connectivity index (χ4v) is 8.64. The van der Waals surface area contributed by atoms with Crippen LogP contribution in [0.25, 0.3) is 0 Å². The first kappa shape index (κ1) is 18.1. The maximum Gasteiger partial charge on any atom is -0.0143 e. The van der Waals surface area contributed by atoms with E-state index >= 15 is 0 Å². The maximum atomic E-state index is 2.78. The predicted molar refractivity (Wildman–Crippen MR) is 108 cm³/mol. The van der Waals surface area contributed by atoms with Crippen LogP contribution in [0, 0.1) is 51.8 Å². The third-order valence-electron chi connectivity index (χ3n) is 10.5. The van der Waals surface area contributed by atoms with Crippen molar-refractivity contribution in [3.63, 3.8) is 0 Å². The summed E-state index contributed by atoms with van der Waals surface area (Å²) in [4.78, 5) is 0. The lowest BCUT2D eigenvalue weighted by Crippen LogP contribution is -2.54. The lowest BCUT2D eigenvalue weighted by molar-refractivity contribution is -0.0879. The zero-order valence-corrected chi connectivity index (χ0v) is 18.0. The minimum absolute atomic E-state index is 0.506. The molecule has 4 aliphatic carbocycles. The minimum Gasteiger partial charge on any atom is -0.0844 e. The molecule has 0 aliphatic heterocycles. The Morgan fingerprint density at radius 2 is 1.52 bits per heavy atom. The molecule has 0 N–H and O–H groups in total. The maximum absolute atomic E-state index is 2.78. The van der Waals surface area contributed by atoms with Crippen molar-refractivity contribution < 1.29 is 0 Å². The van der Waals surface area contributed by atoms with Crippen molar-refractivity contribution in [2.75, 3.05) is 0 Å². The zero-order valence-electron chi connectivity index (χ0n) is 18.0. The molecule has 25 heavy (non-hydrogen) atoms. The molecule has 0 radical (unpaired) electrons. The summed E-state index contributed by atoms with van der Waals surface area (Å²) in [5, 5.41) is 0. The highest BCUT2D eigenvalue weighted by Crippen LogP contribution is 2.69. The van der Waals surface area contributed by atoms with Crippen molar-refractivity contribution in [2.45, 2.75) is 93.4 Å². The highest BCUT2D eigenvalue weighted by Gasteiger charge is 2.60. The van der Waals surface area contributed by atoms with Crippen molar-refractivity contribution in [1.82, 2.24) is 0 Å². The summed E-state index contributed by atoms with van der Waals surface area (Å²) in [6.45, 7) is 18.0. The Morgan fingerprint density at radius 1 is 0.880 bits per heavy atom. The molecule has 0 heterocycles. The second-order valence-electron chi connectivity index (χ2n) is 11.8. The fraction of sp³-hybridized carbons (Fsp3) is 0.920. The van der Waals surface area contributed by atoms with Crippen LogP contribution < -0.4 is 0 Å². The molecule has 3 fully saturated rings. The van der Waals surface area contributed by atoms with Crippen LogP contribution in [0.3, 0.4) is 0 Å². The van der Waals surface area contributed by atoms with E-state index in [-0.39, 0.29) is 0 Å². The van der Waals surface area contributed by atoms with Crippen molar-refractivity contribution in [3.05, 3.63) is 11.6 Å². The van der Waals surface area contributed by atoms with E-state index in [1.54, 1.807) is 0 Å². The third-order valence-corrected chi connectivity index (χ3v) is 10.5. The molecule has 0 aromatic rings. The first-order chi connectivity index (χ1) is 11.6. The molecule has 7 atom stereocenters. The molecule has 0 aromatic heterocycles. The summed E-state index contributed by atoms with van der Waals surface area (Å²) in [6, 6.07) is 0. The molecular weight excluding hydrogens is 300 g/mol. The van der Waals surface area contributed by atoms with Crippen LogP contribution in [0.15, 0.2) is 11.6 Å². The predicted octanol–water partition coefficient (Wildman–Crippen LogP) is 7.49. The van der Waals surface area contributed by atoms with E-state index < -0.39 is 0 Å². The first-order valence-electron chi connectivity index (χ1n) is 11.3. The first-order valence-corrected chi connectivity index (χ1v) is 11.3. The van der Waals surface area contributed by atoms with Gasteiger partial charge in [-0.15, -0.1) is 0 Å². The van der Waals surface area contributed by atoms with Crippen LogP contribution in [0.5, 0.6) is 0 Å². The quantitative estimate of drug-likeness (QED) is 0.433. The summed E-state index contributed by atoms with van der Waals surface area (Å²) in [7, 11) is 0. The summed E-state index contributed by atoms with van der Waals surface area (Å²) < 4.78 is 0. The van der Waals surface area contributed by atoms with Crippen molar-refractivity contribution in [2.24, 2.45) is 51.8 Å². The Morgan fingerprint density at radius 3 is 2.20 bits per heavy atom. The number of fused-ring (bicyclic) bond motifs is 5. The second-order valence-corrected chi connectivity index (χ2v) is 11.8. The second kappa shape index (κ2) is 5.62. The van der Waals surface area contributed by atoms with E-state index in [1.165, 1.54) is 44.9 Å². The monoisotopic (exact) mass is 342 g/mol. The van der Waals surface area contributed by atoms with Gasteiger partial charge in [0, 0.05) is 0 Å². The van der Waals surface area contributed by atoms with E-state index in [0.717, 1.165) is 35.5 Å². The van der Waals surface area contributed by atoms with Gasteiger partial charge < -0.3 is 0 Å². The number of rotatable bonds is 1. The van der Waals surface area contributed by atoms with Gasteiger partial charge in [0.2, 0.25) is 0 Å². The van der Waals surface area contributed by atoms with E-state index in [4.69, 9.17) is 0 Å². The van der Waals surface area contributed by atoms with Crippen LogP contribution in [-0.4, -0.2) is 0 Å². The molecule has 0 saturated heterocycles. The molecule has 7 unspecified atom stereocenters. The number of hydrogen-bond acceptors (Lipinski definition) is 0. The summed E-state index contributed by atoms with van der Waals surface area (Å²) >= 11 is 0. The Balaban J connectivity index is 1.70. The molecule has 142 valence electrons. The SMILES string of the molecule is CC(C)C1CCC2C3=CCC4C(C)(C)C(C)CCC4(C)C3CCC21C. The third kappa shape index (κ3) is 2.31. The summed E-state index contributed by atoms with van der Waals surface area (Å²) in [5.74, 6) is 5.37. The average molecular weight is 343 g/mol. The van der Waals surface area contributed by atoms with E-state index in [1.807, 2.05) is 5.57 Å². The molecule has 4 rings (SSSR count). The number of allylic oxidation sites excluding steroid dienone is 2. The molecule has 4 aliphatic rings. The lowest BCUT2D eigenvalue weighted by Gasteiger charge is -2.62. The lowest BCUT2D eigenvalue weighted by atomic mass is 9.42. The van der Waals surface area contributed by atoms with Gasteiger partial charge >= 0.3 is 0 Å². The van der Waals surface area contributed by atoms with Gasteiger partial charge in [-0.1, -0.05) is 60.1 Å². The van der Waals surface area contributed by atoms with Crippen LogP contribution in [0.1, 0.15) is 93.4 Å². The van der Waals surface area contributed by atoms with Crippen LogP contribution in [0.2, 0.25) is 0 Å². The molecule has 0 spiro atoms. The number of hydrogen-bond donors (Lipinski definition) is 0. The minimum atomic E-state index is 0.506. The summed E-state index contributed by atoms with van der Waals surface area (Å²) in [6.07, 6.45) is 13.0. The topological polar surface area (TPSA) is 0 Å². The highest BCUT2D eigenvalue weighted by molar-refractivity contribution is 5.28. The average Bonchev–Trinajstić information content (AvgIpc) is 2.89. The molecule has 0 bridgehead atoms. The van der Waals surface area contributed by atoms with Crippen LogP contribution in [-0.2, 0) is 0 Å². The van der Waals surface area contributed by atoms with E-state index in [2.05, 4.69) is 54.5 Å². The van der Waals surface area contributed by atoms with Crippen LogP contribution in [0.4, 0.5) is 0 Å². The van der Waals surface area contributed by atoms with Gasteiger partial charge in [0.05, 0.1) is 0 Å². The molecule has 0 amide bonds. The largest absolute Gasteiger partial charge is 0.0844 e. The van der Waals surface area contributed by atoms with E-state index in [0.29, 0.717) is 16.2 Å². The standard InChI is InChI=1S/C25H42/c1-16(2)19-9-10-20-18-8-11-22-23(4,5)17(3)12-14-25(22,7)21(18)13-15-24(19,20)6/h8,16-17,19-22H,9-15H2,1-7H3. The van der Waals surface area contributed by atoms with Gasteiger partial charge in [-0.25, -0.2) is 0 Å². The zero-order chi connectivity index (χ0) is 18.2.